The minimum Gasteiger partial charge on any atom is -0.317 e. The summed E-state index contributed by atoms with van der Waals surface area (Å²) in [4.78, 5) is 0. The Morgan fingerprint density at radius 3 is 2.21 bits per heavy atom. The highest BCUT2D eigenvalue weighted by atomic mass is 14.2. The number of benzene rings is 2. The van der Waals surface area contributed by atoms with Crippen LogP contribution < -0.4 is 0 Å². The van der Waals surface area contributed by atoms with Crippen molar-refractivity contribution < 1.29 is 0 Å². The van der Waals surface area contributed by atoms with E-state index in [4.69, 9.17) is 5.41 Å². The number of nitrogens with one attached hydrogen (secondary N) is 1. The van der Waals surface area contributed by atoms with E-state index < -0.39 is 0 Å². The van der Waals surface area contributed by atoms with Crippen LogP contribution in [0.1, 0.15) is 124 Å². The van der Waals surface area contributed by atoms with Gasteiger partial charge in [0.15, 0.2) is 0 Å². The largest absolute Gasteiger partial charge is 0.317 e. The Bertz CT molecular complexity index is 1950. The zero-order valence-corrected chi connectivity index (χ0v) is 40.1. The van der Waals surface area contributed by atoms with Crippen LogP contribution in [0, 0.1) is 29.1 Å². The summed E-state index contributed by atoms with van der Waals surface area (Å²) in [5, 5.41) is 5.50. The van der Waals surface area contributed by atoms with Gasteiger partial charge in [-0.2, -0.15) is 0 Å². The van der Waals surface area contributed by atoms with Gasteiger partial charge >= 0.3 is 0 Å². The molecule has 3 unspecified atom stereocenters. The number of allylic oxidation sites excluding steroid dienone is 24. The average molecular weight is 816 g/mol. The van der Waals surface area contributed by atoms with Gasteiger partial charge in [-0.1, -0.05) is 230 Å². The SMILES string of the molecule is C/C=C(\C=C/C/C(C)=C/C(=C\C(C)C)c1cccc2c1C=CCC2)/C=C/C(=C\C)C1=CC(C)C=C1.C/C=C\C(C)CCC.C=C/C=C\C=C(/C)C(C)Cc1ccccc1.C=N. The van der Waals surface area contributed by atoms with Gasteiger partial charge in [-0.25, -0.2) is 0 Å². The quantitative estimate of drug-likeness (QED) is 0.0934. The Labute approximate surface area is 375 Å². The van der Waals surface area contributed by atoms with E-state index in [0.29, 0.717) is 17.8 Å². The third-order valence-corrected chi connectivity index (χ3v) is 10.5. The molecule has 2 aromatic carbocycles. The third kappa shape index (κ3) is 22.2. The van der Waals surface area contributed by atoms with Crippen LogP contribution >= 0.6 is 0 Å². The fourth-order valence-corrected chi connectivity index (χ4v) is 7.09. The number of hydrogen-bond acceptors (Lipinski definition) is 1. The average Bonchev–Trinajstić information content (AvgIpc) is 3.70. The normalized spacial score (nSPS) is 16.8. The van der Waals surface area contributed by atoms with Gasteiger partial charge in [0, 0.05) is 0 Å². The summed E-state index contributed by atoms with van der Waals surface area (Å²) in [5.41, 5.74) is 13.6. The molecule has 3 atom stereocenters. The summed E-state index contributed by atoms with van der Waals surface area (Å²) in [6.45, 7) is 30.4. The summed E-state index contributed by atoms with van der Waals surface area (Å²) in [5.74, 6) is 2.39. The van der Waals surface area contributed by atoms with Crippen molar-refractivity contribution in [1.29, 1.82) is 5.41 Å². The van der Waals surface area contributed by atoms with Gasteiger partial charge in [-0.3, -0.25) is 0 Å². The van der Waals surface area contributed by atoms with Crippen molar-refractivity contribution >= 4 is 18.4 Å². The molecule has 0 saturated heterocycles. The summed E-state index contributed by atoms with van der Waals surface area (Å²) in [6, 6.07) is 17.4. The van der Waals surface area contributed by atoms with Crippen LogP contribution in [0.5, 0.6) is 0 Å². The fraction of sp³-hybridized carbons (Fsp3) is 0.350. The second-order valence-electron chi connectivity index (χ2n) is 16.4. The Morgan fingerprint density at radius 1 is 0.869 bits per heavy atom. The molecule has 0 saturated carbocycles. The highest BCUT2D eigenvalue weighted by molar-refractivity contribution is 5.82. The first-order valence-electron chi connectivity index (χ1n) is 22.7. The van der Waals surface area contributed by atoms with Crippen molar-refractivity contribution in [2.24, 2.45) is 23.7 Å². The van der Waals surface area contributed by atoms with Crippen molar-refractivity contribution in [3.05, 3.63) is 215 Å². The van der Waals surface area contributed by atoms with Crippen molar-refractivity contribution in [1.82, 2.24) is 0 Å². The molecule has 0 fully saturated rings. The molecule has 0 amide bonds. The lowest BCUT2D eigenvalue weighted by molar-refractivity contribution is 0.633. The van der Waals surface area contributed by atoms with Gasteiger partial charge in [0.25, 0.3) is 0 Å². The third-order valence-electron chi connectivity index (χ3n) is 10.5. The maximum absolute atomic E-state index is 5.50. The monoisotopic (exact) mass is 816 g/mol. The van der Waals surface area contributed by atoms with Gasteiger partial charge in [0.1, 0.15) is 0 Å². The van der Waals surface area contributed by atoms with Crippen molar-refractivity contribution in [2.45, 2.75) is 115 Å². The van der Waals surface area contributed by atoms with Crippen molar-refractivity contribution in [2.75, 3.05) is 0 Å². The second-order valence-corrected chi connectivity index (χ2v) is 16.4. The standard InChI is InChI=1S/C35H42.C16H20.C8H16.CH3N/c1-7-29(20-22-30(8-2)32-21-19-28(6)24-32)14-11-13-27(5)25-33(23-26(3)4)35-18-12-16-31-15-9-10-17-34(31)35;1-4-5-7-10-14(2)15(3)13-16-11-8-6-9-12-16;1-4-6-8(3)7-5-2;1-2/h7-8,10-12,14,16-26,28H,9,13,15H2,1-6H3;4-12,15H,1,13H2,2-3H3;4,6,8H,5,7H2,1-3H3;2H,1H2/b14-11-,22-20+,27-25+,29-7+,30-8+,33-23+;7-5-,14-10+;6-4-;. The summed E-state index contributed by atoms with van der Waals surface area (Å²) >= 11 is 0. The molecular weight excluding hydrogens is 735 g/mol. The van der Waals surface area contributed by atoms with E-state index in [1.54, 1.807) is 6.08 Å². The molecule has 2 aliphatic rings. The smallest absolute Gasteiger partial charge is 0.00693 e. The minimum absolute atomic E-state index is 0.501. The van der Waals surface area contributed by atoms with Crippen LogP contribution in [0.15, 0.2) is 192 Å². The van der Waals surface area contributed by atoms with Crippen LogP contribution in [-0.4, -0.2) is 6.72 Å². The molecule has 0 heterocycles. The maximum atomic E-state index is 5.50. The van der Waals surface area contributed by atoms with Crippen LogP contribution in [0.25, 0.3) is 11.6 Å². The van der Waals surface area contributed by atoms with E-state index in [1.807, 2.05) is 12.2 Å². The summed E-state index contributed by atoms with van der Waals surface area (Å²) in [6.07, 6.45) is 48.8. The number of fused-ring (bicyclic) bond motifs is 1. The predicted molar refractivity (Wildman–Crippen MR) is 278 cm³/mol. The Hall–Kier alpha value is -5.27. The molecule has 1 N–H and O–H groups in total. The fourth-order valence-electron chi connectivity index (χ4n) is 7.09. The van der Waals surface area contributed by atoms with Crippen LogP contribution in [0.3, 0.4) is 0 Å². The van der Waals surface area contributed by atoms with E-state index in [-0.39, 0.29) is 0 Å². The van der Waals surface area contributed by atoms with E-state index in [0.717, 1.165) is 31.6 Å². The molecule has 61 heavy (non-hydrogen) atoms. The lowest BCUT2D eigenvalue weighted by Gasteiger charge is -2.17. The van der Waals surface area contributed by atoms with E-state index in [1.165, 1.54) is 68.5 Å². The molecular formula is C60H81N. The maximum Gasteiger partial charge on any atom is -0.00693 e. The molecule has 1 heteroatoms. The molecule has 0 aliphatic heterocycles. The molecule has 2 aromatic rings. The van der Waals surface area contributed by atoms with Crippen molar-refractivity contribution in [3.63, 3.8) is 0 Å². The van der Waals surface area contributed by atoms with Crippen LogP contribution in [-0.2, 0) is 12.8 Å². The van der Waals surface area contributed by atoms with E-state index in [2.05, 4.69) is 235 Å². The second kappa shape index (κ2) is 32.5. The first-order chi connectivity index (χ1) is 29.4. The van der Waals surface area contributed by atoms with Crippen LogP contribution in [0.4, 0.5) is 0 Å². The van der Waals surface area contributed by atoms with Crippen molar-refractivity contribution in [3.8, 4) is 0 Å². The molecule has 2 aliphatic carbocycles. The van der Waals surface area contributed by atoms with Gasteiger partial charge in [0.05, 0.1) is 0 Å². The predicted octanol–water partition coefficient (Wildman–Crippen LogP) is 18.0. The molecule has 1 nitrogen and oxygen atoms in total. The summed E-state index contributed by atoms with van der Waals surface area (Å²) in [7, 11) is 0. The molecule has 0 spiro atoms. The lowest BCUT2D eigenvalue weighted by Crippen LogP contribution is -2.00. The number of aryl methyl sites for hydroxylation is 1. The Kier molecular flexibility index (Phi) is 28.6. The highest BCUT2D eigenvalue weighted by Gasteiger charge is 2.12. The molecule has 0 radical (unpaired) electrons. The summed E-state index contributed by atoms with van der Waals surface area (Å²) < 4.78 is 0. The highest BCUT2D eigenvalue weighted by Crippen LogP contribution is 2.31. The molecule has 4 rings (SSSR count). The van der Waals surface area contributed by atoms with E-state index >= 15 is 0 Å². The number of rotatable bonds is 17. The zero-order chi connectivity index (χ0) is 45.4. The van der Waals surface area contributed by atoms with Gasteiger partial charge in [-0.15, -0.1) is 0 Å². The van der Waals surface area contributed by atoms with Gasteiger partial charge < -0.3 is 5.41 Å². The van der Waals surface area contributed by atoms with E-state index in [9.17, 15) is 0 Å². The zero-order valence-electron chi connectivity index (χ0n) is 40.1. The Balaban J connectivity index is 0.000000588. The molecule has 0 bridgehead atoms. The Morgan fingerprint density at radius 2 is 1.61 bits per heavy atom. The first kappa shape index (κ1) is 53.7. The number of hydrogen-bond donors (Lipinski definition) is 1. The molecule has 0 aromatic heterocycles. The first-order valence-corrected chi connectivity index (χ1v) is 22.7. The topological polar surface area (TPSA) is 23.9 Å². The van der Waals surface area contributed by atoms with Gasteiger partial charge in [-0.05, 0) is 142 Å². The lowest BCUT2D eigenvalue weighted by atomic mass is 9.88. The minimum atomic E-state index is 0.501. The van der Waals surface area contributed by atoms with Crippen LogP contribution in [0.2, 0.25) is 0 Å². The van der Waals surface area contributed by atoms with Gasteiger partial charge in [0.2, 0.25) is 0 Å². The molecule has 326 valence electrons.